The van der Waals surface area contributed by atoms with Crippen molar-refractivity contribution in [2.45, 2.75) is 33.0 Å². The van der Waals surface area contributed by atoms with Crippen LogP contribution in [0.1, 0.15) is 32.3 Å². The highest BCUT2D eigenvalue weighted by Gasteiger charge is 2.40. The van der Waals surface area contributed by atoms with Gasteiger partial charge in [-0.2, -0.15) is 0 Å². The molecular formula is C25H28N4O. The number of anilines is 2. The Bertz CT molecular complexity index is 1010. The van der Waals surface area contributed by atoms with Crippen molar-refractivity contribution in [1.82, 2.24) is 0 Å². The second-order valence-corrected chi connectivity index (χ2v) is 7.13. The van der Waals surface area contributed by atoms with Gasteiger partial charge in [-0.05, 0) is 50.5 Å². The van der Waals surface area contributed by atoms with E-state index >= 15 is 0 Å². The molecule has 2 aromatic carbocycles. The number of ether oxygens (including phenoxy) is 1. The molecule has 2 aliphatic rings. The van der Waals surface area contributed by atoms with E-state index in [2.05, 4.69) is 51.2 Å². The van der Waals surface area contributed by atoms with Gasteiger partial charge in [0.25, 0.3) is 0 Å². The van der Waals surface area contributed by atoms with Crippen molar-refractivity contribution in [2.24, 2.45) is 10.7 Å². The van der Waals surface area contributed by atoms with Gasteiger partial charge in [0.05, 0.1) is 5.69 Å². The fourth-order valence-electron chi connectivity index (χ4n) is 3.99. The molecule has 154 valence electrons. The zero-order chi connectivity index (χ0) is 20.9. The van der Waals surface area contributed by atoms with E-state index < -0.39 is 6.35 Å². The van der Waals surface area contributed by atoms with Crippen molar-refractivity contribution in [1.29, 1.82) is 0 Å². The lowest BCUT2D eigenvalue weighted by Crippen LogP contribution is -2.44. The first-order chi connectivity index (χ1) is 14.8. The number of nitrogens with two attached hydrogens (primary N) is 1. The SMILES string of the molecule is C/C=N\C1=C(N)N(c2ccccc2C2=CC=CCC2)C(OCC)N1c1ccccc1. The van der Waals surface area contributed by atoms with Crippen LogP contribution in [0.4, 0.5) is 11.4 Å². The maximum absolute atomic E-state index is 6.72. The lowest BCUT2D eigenvalue weighted by Gasteiger charge is -2.34. The van der Waals surface area contributed by atoms with Gasteiger partial charge in [-0.3, -0.25) is 9.80 Å². The summed E-state index contributed by atoms with van der Waals surface area (Å²) in [5, 5.41) is 0. The minimum Gasteiger partial charge on any atom is -0.382 e. The molecule has 5 nitrogen and oxygen atoms in total. The fraction of sp³-hybridized carbons (Fsp3) is 0.240. The Kier molecular flexibility index (Phi) is 6.00. The maximum atomic E-state index is 6.72. The normalized spacial score (nSPS) is 19.1. The lowest BCUT2D eigenvalue weighted by atomic mass is 9.95. The summed E-state index contributed by atoms with van der Waals surface area (Å²) in [5.74, 6) is 1.27. The van der Waals surface area contributed by atoms with Crippen molar-refractivity contribution in [3.05, 3.63) is 90.0 Å². The minimum absolute atomic E-state index is 0.419. The van der Waals surface area contributed by atoms with Crippen LogP contribution < -0.4 is 15.5 Å². The predicted molar refractivity (Wildman–Crippen MR) is 125 cm³/mol. The third kappa shape index (κ3) is 3.64. The first kappa shape index (κ1) is 20.0. The van der Waals surface area contributed by atoms with E-state index in [1.165, 1.54) is 11.1 Å². The summed E-state index contributed by atoms with van der Waals surface area (Å²) < 4.78 is 6.25. The van der Waals surface area contributed by atoms with Crippen molar-refractivity contribution < 1.29 is 4.74 Å². The molecule has 2 N–H and O–H groups in total. The first-order valence-corrected chi connectivity index (χ1v) is 10.4. The Morgan fingerprint density at radius 2 is 1.87 bits per heavy atom. The largest absolute Gasteiger partial charge is 0.382 e. The molecule has 1 unspecified atom stereocenters. The second-order valence-electron chi connectivity index (χ2n) is 7.13. The Hall–Kier alpha value is -3.31. The molecule has 2 aromatic rings. The molecule has 0 amide bonds. The Balaban J connectivity index is 1.87. The molecule has 0 saturated heterocycles. The lowest BCUT2D eigenvalue weighted by molar-refractivity contribution is 0.0730. The number of rotatable bonds is 6. The zero-order valence-electron chi connectivity index (χ0n) is 17.5. The van der Waals surface area contributed by atoms with Crippen molar-refractivity contribution in [3.63, 3.8) is 0 Å². The van der Waals surface area contributed by atoms with Gasteiger partial charge in [0.15, 0.2) is 11.6 Å². The Labute approximate surface area is 178 Å². The van der Waals surface area contributed by atoms with Gasteiger partial charge in [-0.25, -0.2) is 4.99 Å². The monoisotopic (exact) mass is 400 g/mol. The zero-order valence-corrected chi connectivity index (χ0v) is 17.5. The smallest absolute Gasteiger partial charge is 0.221 e. The van der Waals surface area contributed by atoms with Crippen LogP contribution in [0.2, 0.25) is 0 Å². The summed E-state index contributed by atoms with van der Waals surface area (Å²) in [4.78, 5) is 8.74. The van der Waals surface area contributed by atoms with Gasteiger partial charge in [0.1, 0.15) is 0 Å². The average molecular weight is 401 g/mol. The van der Waals surface area contributed by atoms with E-state index in [0.29, 0.717) is 18.2 Å². The summed E-state index contributed by atoms with van der Waals surface area (Å²) in [5.41, 5.74) is 11.2. The number of benzene rings is 2. The molecule has 0 aromatic heterocycles. The summed E-state index contributed by atoms with van der Waals surface area (Å²) >= 11 is 0. The summed E-state index contributed by atoms with van der Waals surface area (Å²) in [6.07, 6.45) is 9.91. The highest BCUT2D eigenvalue weighted by atomic mass is 16.5. The number of nitrogens with zero attached hydrogens (tertiary/aromatic N) is 3. The molecule has 1 aliphatic heterocycles. The number of hydrogen-bond acceptors (Lipinski definition) is 5. The van der Waals surface area contributed by atoms with Crippen LogP contribution in [0.5, 0.6) is 0 Å². The van der Waals surface area contributed by atoms with E-state index in [4.69, 9.17) is 10.5 Å². The highest BCUT2D eigenvalue weighted by Crippen LogP contribution is 2.40. The van der Waals surface area contributed by atoms with Gasteiger partial charge in [-0.15, -0.1) is 0 Å². The average Bonchev–Trinajstić information content (AvgIpc) is 3.06. The van der Waals surface area contributed by atoms with Crippen LogP contribution >= 0.6 is 0 Å². The maximum Gasteiger partial charge on any atom is 0.221 e. The molecule has 4 rings (SSSR count). The minimum atomic E-state index is -0.419. The number of allylic oxidation sites excluding steroid dienone is 4. The molecule has 0 saturated carbocycles. The van der Waals surface area contributed by atoms with Crippen LogP contribution in [-0.2, 0) is 4.74 Å². The molecule has 1 heterocycles. The van der Waals surface area contributed by atoms with E-state index in [0.717, 1.165) is 24.2 Å². The molecule has 0 fully saturated rings. The quantitative estimate of drug-likeness (QED) is 0.674. The van der Waals surface area contributed by atoms with Crippen LogP contribution in [0.3, 0.4) is 0 Å². The number of para-hydroxylation sites is 2. The second kappa shape index (κ2) is 9.01. The van der Waals surface area contributed by atoms with Gasteiger partial charge in [-0.1, -0.05) is 54.6 Å². The predicted octanol–water partition coefficient (Wildman–Crippen LogP) is 5.24. The highest BCUT2D eigenvalue weighted by molar-refractivity contribution is 5.81. The van der Waals surface area contributed by atoms with E-state index in [-0.39, 0.29) is 0 Å². The Morgan fingerprint density at radius 3 is 2.57 bits per heavy atom. The van der Waals surface area contributed by atoms with Crippen molar-refractivity contribution >= 4 is 23.2 Å². The van der Waals surface area contributed by atoms with Gasteiger partial charge in [0, 0.05) is 24.1 Å². The molecule has 1 aliphatic carbocycles. The van der Waals surface area contributed by atoms with Crippen molar-refractivity contribution in [2.75, 3.05) is 16.4 Å². The number of aliphatic imine (C=N–C) groups is 1. The van der Waals surface area contributed by atoms with Crippen molar-refractivity contribution in [3.8, 4) is 0 Å². The molecule has 1 atom stereocenters. The molecular weight excluding hydrogens is 372 g/mol. The molecule has 0 bridgehead atoms. The van der Waals surface area contributed by atoms with E-state index in [1.807, 2.05) is 50.2 Å². The van der Waals surface area contributed by atoms with Crippen LogP contribution in [-0.4, -0.2) is 19.2 Å². The van der Waals surface area contributed by atoms with Gasteiger partial charge < -0.3 is 10.5 Å². The summed E-state index contributed by atoms with van der Waals surface area (Å²) in [7, 11) is 0. The molecule has 30 heavy (non-hydrogen) atoms. The summed E-state index contributed by atoms with van der Waals surface area (Å²) in [6, 6.07) is 18.5. The van der Waals surface area contributed by atoms with E-state index in [1.54, 1.807) is 6.21 Å². The summed E-state index contributed by atoms with van der Waals surface area (Å²) in [6.45, 7) is 4.45. The number of hydrogen-bond donors (Lipinski definition) is 1. The molecule has 5 heteroatoms. The van der Waals surface area contributed by atoms with Crippen LogP contribution in [0.25, 0.3) is 5.57 Å². The molecule has 0 radical (unpaired) electrons. The van der Waals surface area contributed by atoms with Gasteiger partial charge in [0.2, 0.25) is 6.35 Å². The topological polar surface area (TPSA) is 54.1 Å². The van der Waals surface area contributed by atoms with Crippen LogP contribution in [0.15, 0.2) is 89.5 Å². The van der Waals surface area contributed by atoms with Gasteiger partial charge >= 0.3 is 0 Å². The third-order valence-electron chi connectivity index (χ3n) is 5.28. The third-order valence-corrected chi connectivity index (χ3v) is 5.28. The van der Waals surface area contributed by atoms with E-state index in [9.17, 15) is 0 Å². The standard InChI is InChI=1S/C25H28N4O/c1-3-27-24-23(26)29(25(30-4-2)28(24)20-15-9-6-10-16-20)22-18-12-11-17-21(22)19-13-7-5-8-14-19/h3,5-7,9-13,15-18,25H,4,8,14,26H2,1-2H3/b27-3-. The van der Waals surface area contributed by atoms with Crippen LogP contribution in [0, 0.1) is 0 Å². The Morgan fingerprint density at radius 1 is 1.10 bits per heavy atom. The molecule has 0 spiro atoms. The first-order valence-electron chi connectivity index (χ1n) is 10.4. The fourth-order valence-corrected chi connectivity index (χ4v) is 3.99.